The normalized spacial score (nSPS) is 10.3. The van der Waals surface area contributed by atoms with E-state index in [4.69, 9.17) is 10.4 Å². The lowest BCUT2D eigenvalue weighted by Gasteiger charge is -1.65. The summed E-state index contributed by atoms with van der Waals surface area (Å²) in [5, 5.41) is 15.1. The van der Waals surface area contributed by atoms with Crippen molar-refractivity contribution in [1.82, 2.24) is 0 Å². The number of aliphatic hydroxyl groups is 1. The van der Waals surface area contributed by atoms with Crippen LogP contribution in [0.1, 0.15) is 0 Å². The summed E-state index contributed by atoms with van der Waals surface area (Å²) in [6, 6.07) is 1.06. The maximum Gasteiger partial charge on any atom is 0.233 e. The molecule has 2 nitrogen and oxygen atoms in total. The van der Waals surface area contributed by atoms with Crippen LogP contribution in [-0.2, 0) is 0 Å². The molecule has 0 aliphatic heterocycles. The summed E-state index contributed by atoms with van der Waals surface area (Å²) < 4.78 is 11.1. The lowest BCUT2D eigenvalue weighted by molar-refractivity contribution is 0.448. The van der Waals surface area contributed by atoms with E-state index >= 15 is 0 Å². The second-order valence-electron chi connectivity index (χ2n) is 0.589. The number of hydrogen-bond acceptors (Lipinski definition) is 2. The van der Waals surface area contributed by atoms with Gasteiger partial charge in [-0.3, -0.25) is 0 Å². The topological polar surface area (TPSA) is 44.0 Å². The minimum Gasteiger partial charge on any atom is -0.512 e. The van der Waals surface area contributed by atoms with Crippen molar-refractivity contribution in [2.24, 2.45) is 0 Å². The molecule has 6 heavy (non-hydrogen) atoms. The molecule has 0 saturated carbocycles. The fraction of sp³-hybridized carbons (Fsp3) is 0. The van der Waals surface area contributed by atoms with E-state index in [0.717, 1.165) is 6.07 Å². The monoisotopic (exact) mass is 87.0 g/mol. The zero-order valence-electron chi connectivity index (χ0n) is 2.85. The molecule has 0 aromatic rings. The summed E-state index contributed by atoms with van der Waals surface area (Å²) in [6.45, 7) is 0. The van der Waals surface area contributed by atoms with Crippen molar-refractivity contribution < 1.29 is 9.50 Å². The number of allylic oxidation sites excluding steroid dienone is 1. The Morgan fingerprint density at radius 1 is 2.00 bits per heavy atom. The number of aliphatic hydroxyl groups excluding tert-OH is 1. The molecule has 0 aliphatic carbocycles. The van der Waals surface area contributed by atoms with Crippen molar-refractivity contribution in [1.29, 1.82) is 5.26 Å². The predicted octanol–water partition coefficient (Wildman–Crippen LogP) is 0.879. The van der Waals surface area contributed by atoms with Crippen LogP contribution in [0.5, 0.6) is 0 Å². The molecular formula is C3H2FNO. The zero-order valence-corrected chi connectivity index (χ0v) is 2.85. The van der Waals surface area contributed by atoms with Gasteiger partial charge in [0, 0.05) is 0 Å². The lowest BCUT2D eigenvalue weighted by Crippen LogP contribution is -1.58. The number of halogens is 1. The van der Waals surface area contributed by atoms with Crippen molar-refractivity contribution >= 4 is 0 Å². The number of nitrogens with zero attached hydrogens (tertiary/aromatic N) is 1. The first-order chi connectivity index (χ1) is 2.81. The molecule has 0 spiro atoms. The summed E-state index contributed by atoms with van der Waals surface area (Å²) in [5.41, 5.74) is 0. The van der Waals surface area contributed by atoms with Crippen LogP contribution >= 0.6 is 0 Å². The third kappa shape index (κ3) is 1.30. The Labute approximate surface area is 34.1 Å². The summed E-state index contributed by atoms with van der Waals surface area (Å²) >= 11 is 0. The van der Waals surface area contributed by atoms with Gasteiger partial charge >= 0.3 is 0 Å². The van der Waals surface area contributed by atoms with Crippen LogP contribution in [0.3, 0.4) is 0 Å². The standard InChI is InChI=1S/C3H2FNO/c4-3(1-5)2-6/h2,6H/b3-2-. The predicted molar refractivity (Wildman–Crippen MR) is 17.4 cm³/mol. The summed E-state index contributed by atoms with van der Waals surface area (Å²) in [5.74, 6) is -1.17. The molecule has 0 unspecified atom stereocenters. The van der Waals surface area contributed by atoms with Gasteiger partial charge < -0.3 is 5.11 Å². The molecule has 3 heteroatoms. The molecule has 1 N–H and O–H groups in total. The van der Waals surface area contributed by atoms with E-state index in [1.54, 1.807) is 0 Å². The number of hydrogen-bond donors (Lipinski definition) is 1. The van der Waals surface area contributed by atoms with Gasteiger partial charge in [-0.15, -0.1) is 0 Å². The van der Waals surface area contributed by atoms with Gasteiger partial charge in [-0.1, -0.05) is 0 Å². The quantitative estimate of drug-likeness (QED) is 0.352. The van der Waals surface area contributed by atoms with Crippen LogP contribution in [-0.4, -0.2) is 5.11 Å². The Bertz CT molecular complexity index is 102. The molecule has 0 aliphatic rings. The molecule has 0 rings (SSSR count). The molecule has 32 valence electrons. The average Bonchev–Trinajstić information content (AvgIpc) is 1.65. The highest BCUT2D eigenvalue weighted by atomic mass is 19.1. The maximum atomic E-state index is 11.1. The van der Waals surface area contributed by atoms with Gasteiger partial charge in [-0.25, -0.2) is 0 Å². The van der Waals surface area contributed by atoms with Gasteiger partial charge in [-0.2, -0.15) is 9.65 Å². The number of nitriles is 1. The molecule has 0 atom stereocenters. The van der Waals surface area contributed by atoms with Gasteiger partial charge in [0.05, 0.1) is 0 Å². The molecule has 0 radical (unpaired) electrons. The first-order valence-electron chi connectivity index (χ1n) is 1.21. The maximum absolute atomic E-state index is 11.1. The first kappa shape index (κ1) is 4.96. The second kappa shape index (κ2) is 2.21. The van der Waals surface area contributed by atoms with Gasteiger partial charge in [0.2, 0.25) is 5.83 Å². The summed E-state index contributed by atoms with van der Waals surface area (Å²) in [7, 11) is 0. The SMILES string of the molecule is N#C/C(F)=C/O. The van der Waals surface area contributed by atoms with Gasteiger partial charge in [0.1, 0.15) is 12.3 Å². The van der Waals surface area contributed by atoms with Gasteiger partial charge in [-0.05, 0) is 0 Å². The Morgan fingerprint density at radius 2 is 2.50 bits per heavy atom. The van der Waals surface area contributed by atoms with E-state index in [9.17, 15) is 4.39 Å². The summed E-state index contributed by atoms with van der Waals surface area (Å²) in [4.78, 5) is 0. The first-order valence-corrected chi connectivity index (χ1v) is 1.21. The molecule has 0 aromatic carbocycles. The van der Waals surface area contributed by atoms with Crippen molar-refractivity contribution in [2.75, 3.05) is 0 Å². The molecule has 0 amide bonds. The molecule has 0 saturated heterocycles. The third-order valence-corrected chi connectivity index (χ3v) is 0.220. The Kier molecular flexibility index (Phi) is 1.83. The van der Waals surface area contributed by atoms with Crippen molar-refractivity contribution in [3.8, 4) is 6.07 Å². The van der Waals surface area contributed by atoms with E-state index in [2.05, 4.69) is 0 Å². The highest BCUT2D eigenvalue weighted by Crippen LogP contribution is 1.86. The van der Waals surface area contributed by atoms with E-state index < -0.39 is 5.83 Å². The highest BCUT2D eigenvalue weighted by Gasteiger charge is 1.80. The van der Waals surface area contributed by atoms with Crippen molar-refractivity contribution in [2.45, 2.75) is 0 Å². The number of rotatable bonds is 0. The average molecular weight is 87.1 g/mol. The van der Waals surface area contributed by atoms with Crippen LogP contribution in [0.25, 0.3) is 0 Å². The Hall–Kier alpha value is -1.04. The van der Waals surface area contributed by atoms with Gasteiger partial charge in [0.25, 0.3) is 0 Å². The fourth-order valence-corrected chi connectivity index (χ4v) is 0.0289. The Balaban J connectivity index is 3.61. The smallest absolute Gasteiger partial charge is 0.233 e. The summed E-state index contributed by atoms with van der Waals surface area (Å²) in [6.07, 6.45) is 0.111. The largest absolute Gasteiger partial charge is 0.512 e. The van der Waals surface area contributed by atoms with Gasteiger partial charge in [0.15, 0.2) is 0 Å². The van der Waals surface area contributed by atoms with Crippen molar-refractivity contribution in [3.05, 3.63) is 12.1 Å². The van der Waals surface area contributed by atoms with E-state index in [-0.39, 0.29) is 6.26 Å². The third-order valence-electron chi connectivity index (χ3n) is 0.220. The van der Waals surface area contributed by atoms with Crippen LogP contribution in [0.2, 0.25) is 0 Å². The van der Waals surface area contributed by atoms with E-state index in [0.29, 0.717) is 0 Å². The molecule has 0 fully saturated rings. The van der Waals surface area contributed by atoms with Crippen LogP contribution in [0.4, 0.5) is 4.39 Å². The molecule has 0 aromatic heterocycles. The Morgan fingerprint density at radius 3 is 2.50 bits per heavy atom. The van der Waals surface area contributed by atoms with E-state index in [1.165, 1.54) is 0 Å². The minimum absolute atomic E-state index is 0.111. The lowest BCUT2D eigenvalue weighted by atomic mass is 10.7. The molecule has 0 heterocycles. The second-order valence-corrected chi connectivity index (χ2v) is 0.589. The van der Waals surface area contributed by atoms with Crippen LogP contribution in [0, 0.1) is 11.3 Å². The molecular weight excluding hydrogens is 85.0 g/mol. The molecule has 0 bridgehead atoms. The van der Waals surface area contributed by atoms with E-state index in [1.807, 2.05) is 0 Å². The zero-order chi connectivity index (χ0) is 4.99. The highest BCUT2D eigenvalue weighted by molar-refractivity contribution is 5.07. The van der Waals surface area contributed by atoms with Crippen LogP contribution in [0.15, 0.2) is 12.1 Å². The van der Waals surface area contributed by atoms with Crippen molar-refractivity contribution in [3.63, 3.8) is 0 Å². The fourth-order valence-electron chi connectivity index (χ4n) is 0.0289. The van der Waals surface area contributed by atoms with Crippen LogP contribution < -0.4 is 0 Å². The minimum atomic E-state index is -1.17.